The minimum absolute atomic E-state index is 0.224. The van der Waals surface area contributed by atoms with Crippen LogP contribution in [-0.4, -0.2) is 65.3 Å². The lowest BCUT2D eigenvalue weighted by Crippen LogP contribution is -2.47. The number of nitrogens with zero attached hydrogens (tertiary/aromatic N) is 4. The Balaban J connectivity index is 1.58. The van der Waals surface area contributed by atoms with Crippen molar-refractivity contribution in [2.45, 2.75) is 31.7 Å². The smallest absolute Gasteiger partial charge is 0.227 e. The highest BCUT2D eigenvalue weighted by molar-refractivity contribution is 5.90. The third kappa shape index (κ3) is 3.70. The Kier molecular flexibility index (Phi) is 4.99. The Morgan fingerprint density at radius 3 is 2.56 bits per heavy atom. The zero-order valence-electron chi connectivity index (χ0n) is 14.7. The molecule has 4 rings (SSSR count). The molecule has 2 fully saturated rings. The molecule has 1 aromatic carbocycles. The van der Waals surface area contributed by atoms with E-state index in [1.165, 1.54) is 25.7 Å². The van der Waals surface area contributed by atoms with Crippen molar-refractivity contribution in [1.82, 2.24) is 14.9 Å². The van der Waals surface area contributed by atoms with Crippen LogP contribution in [0.25, 0.3) is 10.9 Å². The third-order valence-corrected chi connectivity index (χ3v) is 5.36. The van der Waals surface area contributed by atoms with Gasteiger partial charge in [-0.05, 0) is 25.0 Å². The summed E-state index contributed by atoms with van der Waals surface area (Å²) in [4.78, 5) is 14.3. The van der Waals surface area contributed by atoms with Crippen LogP contribution in [0.1, 0.15) is 25.7 Å². The summed E-state index contributed by atoms with van der Waals surface area (Å²) in [5.74, 6) is 1.80. The summed E-state index contributed by atoms with van der Waals surface area (Å²) >= 11 is 0. The van der Waals surface area contributed by atoms with E-state index in [-0.39, 0.29) is 6.61 Å². The number of hydrogen-bond acceptors (Lipinski definition) is 6. The number of β-amino-alcohol motifs (C(OH)–C–C–N with tert-alkyl or cyclic N) is 1. The molecule has 134 valence electrons. The lowest BCUT2D eigenvalue weighted by Gasteiger charge is -2.34. The second-order valence-corrected chi connectivity index (χ2v) is 7.07. The van der Waals surface area contributed by atoms with Gasteiger partial charge in [-0.2, -0.15) is 4.98 Å². The van der Waals surface area contributed by atoms with E-state index in [9.17, 15) is 0 Å². The van der Waals surface area contributed by atoms with Crippen molar-refractivity contribution >= 4 is 22.7 Å². The van der Waals surface area contributed by atoms with E-state index in [0.29, 0.717) is 6.04 Å². The van der Waals surface area contributed by atoms with Gasteiger partial charge in [-0.15, -0.1) is 0 Å². The van der Waals surface area contributed by atoms with Gasteiger partial charge in [0.15, 0.2) is 0 Å². The van der Waals surface area contributed by atoms with Crippen LogP contribution in [0.15, 0.2) is 24.3 Å². The van der Waals surface area contributed by atoms with E-state index in [4.69, 9.17) is 15.1 Å². The molecule has 1 saturated heterocycles. The van der Waals surface area contributed by atoms with Gasteiger partial charge in [0.2, 0.25) is 5.95 Å². The fourth-order valence-corrected chi connectivity index (χ4v) is 3.89. The molecule has 0 atom stereocenters. The standard InChI is InChI=1S/C19H27N5O/c25-14-13-23-9-11-24(12-10-23)19-21-17-8-4-3-7-16(17)18(22-19)20-15-5-1-2-6-15/h3-4,7-8,15,25H,1-2,5-6,9-14H2,(H,20,21,22). The van der Waals surface area contributed by atoms with Crippen molar-refractivity contribution in [3.05, 3.63) is 24.3 Å². The van der Waals surface area contributed by atoms with Crippen molar-refractivity contribution < 1.29 is 5.11 Å². The molecule has 1 aromatic heterocycles. The normalized spacial score (nSPS) is 19.6. The maximum atomic E-state index is 9.10. The lowest BCUT2D eigenvalue weighted by molar-refractivity contribution is 0.188. The highest BCUT2D eigenvalue weighted by Crippen LogP contribution is 2.28. The molecule has 6 nitrogen and oxygen atoms in total. The highest BCUT2D eigenvalue weighted by atomic mass is 16.3. The van der Waals surface area contributed by atoms with E-state index in [1.54, 1.807) is 0 Å². The van der Waals surface area contributed by atoms with Gasteiger partial charge in [0.25, 0.3) is 0 Å². The van der Waals surface area contributed by atoms with Crippen molar-refractivity contribution in [2.24, 2.45) is 0 Å². The van der Waals surface area contributed by atoms with Crippen LogP contribution in [0.2, 0.25) is 0 Å². The van der Waals surface area contributed by atoms with Crippen LogP contribution >= 0.6 is 0 Å². The summed E-state index contributed by atoms with van der Waals surface area (Å²) < 4.78 is 0. The molecule has 2 aromatic rings. The van der Waals surface area contributed by atoms with Crippen LogP contribution < -0.4 is 10.2 Å². The van der Waals surface area contributed by atoms with Gasteiger partial charge in [0, 0.05) is 44.2 Å². The van der Waals surface area contributed by atoms with Gasteiger partial charge in [0.05, 0.1) is 12.1 Å². The summed E-state index contributed by atoms with van der Waals surface area (Å²) in [7, 11) is 0. The maximum Gasteiger partial charge on any atom is 0.227 e. The fraction of sp³-hybridized carbons (Fsp3) is 0.579. The topological polar surface area (TPSA) is 64.5 Å². The Morgan fingerprint density at radius 1 is 1.04 bits per heavy atom. The molecule has 1 aliphatic heterocycles. The zero-order chi connectivity index (χ0) is 17.1. The second-order valence-electron chi connectivity index (χ2n) is 7.07. The molecule has 0 spiro atoms. The number of aliphatic hydroxyl groups excluding tert-OH is 1. The van der Waals surface area contributed by atoms with Crippen LogP contribution in [0.5, 0.6) is 0 Å². The molecule has 0 amide bonds. The minimum Gasteiger partial charge on any atom is -0.395 e. The molecular formula is C19H27N5O. The Labute approximate surface area is 148 Å². The Bertz CT molecular complexity index is 708. The molecule has 0 unspecified atom stereocenters. The summed E-state index contributed by atoms with van der Waals surface area (Å²) in [6, 6.07) is 8.81. The summed E-state index contributed by atoms with van der Waals surface area (Å²) in [6.45, 7) is 4.68. The van der Waals surface area contributed by atoms with Crippen LogP contribution in [0.3, 0.4) is 0 Å². The summed E-state index contributed by atoms with van der Waals surface area (Å²) in [6.07, 6.45) is 5.07. The van der Waals surface area contributed by atoms with E-state index in [0.717, 1.165) is 55.4 Å². The number of nitrogens with one attached hydrogen (secondary N) is 1. The summed E-state index contributed by atoms with van der Waals surface area (Å²) in [5.41, 5.74) is 1.01. The van der Waals surface area contributed by atoms with Crippen molar-refractivity contribution in [2.75, 3.05) is 49.5 Å². The SMILES string of the molecule is OCCN1CCN(c2nc(NC3CCCC3)c3ccccc3n2)CC1. The zero-order valence-corrected chi connectivity index (χ0v) is 14.7. The monoisotopic (exact) mass is 341 g/mol. The molecule has 0 bridgehead atoms. The number of para-hydroxylation sites is 1. The first kappa shape index (κ1) is 16.5. The third-order valence-electron chi connectivity index (χ3n) is 5.36. The van der Waals surface area contributed by atoms with Crippen LogP contribution in [0.4, 0.5) is 11.8 Å². The van der Waals surface area contributed by atoms with E-state index in [1.807, 2.05) is 6.07 Å². The van der Waals surface area contributed by atoms with E-state index < -0.39 is 0 Å². The molecule has 2 heterocycles. The quantitative estimate of drug-likeness (QED) is 0.868. The predicted molar refractivity (Wildman–Crippen MR) is 101 cm³/mol. The molecule has 0 radical (unpaired) electrons. The number of aliphatic hydroxyl groups is 1. The van der Waals surface area contributed by atoms with E-state index >= 15 is 0 Å². The van der Waals surface area contributed by atoms with Crippen molar-refractivity contribution in [1.29, 1.82) is 0 Å². The van der Waals surface area contributed by atoms with Crippen LogP contribution in [-0.2, 0) is 0 Å². The van der Waals surface area contributed by atoms with Crippen molar-refractivity contribution in [3.8, 4) is 0 Å². The van der Waals surface area contributed by atoms with Gasteiger partial charge in [-0.3, -0.25) is 4.90 Å². The van der Waals surface area contributed by atoms with Gasteiger partial charge in [0.1, 0.15) is 5.82 Å². The number of fused-ring (bicyclic) bond motifs is 1. The average molecular weight is 341 g/mol. The molecule has 2 N–H and O–H groups in total. The first-order valence-electron chi connectivity index (χ1n) is 9.45. The van der Waals surface area contributed by atoms with Crippen LogP contribution in [0, 0.1) is 0 Å². The fourth-order valence-electron chi connectivity index (χ4n) is 3.89. The number of piperazine rings is 1. The number of rotatable bonds is 5. The molecule has 1 saturated carbocycles. The maximum absolute atomic E-state index is 9.10. The lowest BCUT2D eigenvalue weighted by atomic mass is 10.2. The average Bonchev–Trinajstić information content (AvgIpc) is 3.16. The number of hydrogen-bond donors (Lipinski definition) is 2. The highest BCUT2D eigenvalue weighted by Gasteiger charge is 2.21. The molecular weight excluding hydrogens is 314 g/mol. The Morgan fingerprint density at radius 2 is 1.80 bits per heavy atom. The predicted octanol–water partition coefficient (Wildman–Crippen LogP) is 2.10. The molecule has 6 heteroatoms. The first-order chi connectivity index (χ1) is 12.3. The van der Waals surface area contributed by atoms with E-state index in [2.05, 4.69) is 33.3 Å². The minimum atomic E-state index is 0.224. The first-order valence-corrected chi connectivity index (χ1v) is 9.45. The molecule has 1 aliphatic carbocycles. The summed E-state index contributed by atoms with van der Waals surface area (Å²) in [5, 5.41) is 13.9. The number of aromatic nitrogens is 2. The molecule has 25 heavy (non-hydrogen) atoms. The van der Waals surface area contributed by atoms with Gasteiger partial charge < -0.3 is 15.3 Å². The second kappa shape index (κ2) is 7.54. The Hall–Kier alpha value is -1.92. The number of anilines is 2. The largest absolute Gasteiger partial charge is 0.395 e. The van der Waals surface area contributed by atoms with Crippen molar-refractivity contribution in [3.63, 3.8) is 0 Å². The van der Waals surface area contributed by atoms with Gasteiger partial charge in [-0.25, -0.2) is 4.98 Å². The molecule has 2 aliphatic rings. The van der Waals surface area contributed by atoms with Gasteiger partial charge >= 0.3 is 0 Å². The van der Waals surface area contributed by atoms with Gasteiger partial charge in [-0.1, -0.05) is 25.0 Å². The number of benzene rings is 1.